The van der Waals surface area contributed by atoms with E-state index in [1.54, 1.807) is 0 Å². The van der Waals surface area contributed by atoms with Crippen LogP contribution >= 0.6 is 12.4 Å². The van der Waals surface area contributed by atoms with Gasteiger partial charge in [0.2, 0.25) is 0 Å². The van der Waals surface area contributed by atoms with Crippen LogP contribution in [0, 0.1) is 5.82 Å². The van der Waals surface area contributed by atoms with Crippen LogP contribution in [0.25, 0.3) is 0 Å². The molecular formula is C25H33ClFN3O3. The zero-order valence-corrected chi connectivity index (χ0v) is 19.7. The average Bonchev–Trinajstić information content (AvgIpc) is 3.38. The lowest BCUT2D eigenvalue weighted by Gasteiger charge is -2.35. The lowest BCUT2D eigenvalue weighted by Crippen LogP contribution is -2.42. The summed E-state index contributed by atoms with van der Waals surface area (Å²) in [5.41, 5.74) is 2.10. The summed E-state index contributed by atoms with van der Waals surface area (Å²) < 4.78 is 24.8. The number of nitrogens with one attached hydrogen (secondary N) is 1. The number of hydrogen-bond acceptors (Lipinski definition) is 5. The average molecular weight is 478 g/mol. The molecule has 1 atom stereocenters. The van der Waals surface area contributed by atoms with Crippen LogP contribution in [0.4, 0.5) is 4.39 Å². The van der Waals surface area contributed by atoms with Gasteiger partial charge in [-0.15, -0.1) is 12.4 Å². The second-order valence-corrected chi connectivity index (χ2v) is 8.33. The Kier molecular flexibility index (Phi) is 9.94. The molecule has 33 heavy (non-hydrogen) atoms. The number of carbonyl (C=O) groups excluding carboxylic acids is 1. The molecule has 6 nitrogen and oxygen atoms in total. The predicted molar refractivity (Wildman–Crippen MR) is 128 cm³/mol. The highest BCUT2D eigenvalue weighted by molar-refractivity contribution is 5.85. The number of para-hydroxylation sites is 1. The first-order valence-electron chi connectivity index (χ1n) is 11.5. The molecule has 0 saturated carbocycles. The molecule has 2 heterocycles. The first-order chi connectivity index (χ1) is 15.7. The van der Waals surface area contributed by atoms with Gasteiger partial charge in [0.15, 0.2) is 6.61 Å². The van der Waals surface area contributed by atoms with Gasteiger partial charge in [0, 0.05) is 50.9 Å². The van der Waals surface area contributed by atoms with E-state index in [-0.39, 0.29) is 36.8 Å². The first kappa shape index (κ1) is 25.4. The summed E-state index contributed by atoms with van der Waals surface area (Å²) in [5.74, 6) is 0.559. The van der Waals surface area contributed by atoms with Crippen molar-refractivity contribution in [2.75, 3.05) is 52.5 Å². The summed E-state index contributed by atoms with van der Waals surface area (Å²) in [4.78, 5) is 16.6. The number of hydrogen-bond donors (Lipinski definition) is 1. The highest BCUT2D eigenvalue weighted by Crippen LogP contribution is 2.23. The quantitative estimate of drug-likeness (QED) is 0.600. The Hall–Kier alpha value is -2.19. The number of amides is 1. The van der Waals surface area contributed by atoms with E-state index in [0.717, 1.165) is 55.9 Å². The second-order valence-electron chi connectivity index (χ2n) is 8.33. The predicted octanol–water partition coefficient (Wildman–Crippen LogP) is 3.41. The first-order valence-corrected chi connectivity index (χ1v) is 11.5. The largest absolute Gasteiger partial charge is 0.483 e. The molecule has 2 aromatic carbocycles. The SMILES string of the molecule is Cl.O=C(COc1ccccc1CNCC(c1ccc(F)cc1)N1CCOCC1)N1CCCC1. The van der Waals surface area contributed by atoms with Crippen LogP contribution in [0.15, 0.2) is 48.5 Å². The Bertz CT molecular complexity index is 871. The summed E-state index contributed by atoms with van der Waals surface area (Å²) in [5, 5.41) is 3.54. The maximum absolute atomic E-state index is 13.4. The van der Waals surface area contributed by atoms with Gasteiger partial charge in [-0.2, -0.15) is 0 Å². The minimum Gasteiger partial charge on any atom is -0.483 e. The van der Waals surface area contributed by atoms with Gasteiger partial charge in [-0.3, -0.25) is 9.69 Å². The van der Waals surface area contributed by atoms with Crippen LogP contribution in [0.3, 0.4) is 0 Å². The van der Waals surface area contributed by atoms with Crippen LogP contribution in [0.1, 0.15) is 30.0 Å². The molecule has 2 aliphatic heterocycles. The fourth-order valence-corrected chi connectivity index (χ4v) is 4.36. The van der Waals surface area contributed by atoms with E-state index in [9.17, 15) is 9.18 Å². The molecule has 2 aromatic rings. The molecule has 2 aliphatic rings. The van der Waals surface area contributed by atoms with Gasteiger partial charge in [-0.25, -0.2) is 4.39 Å². The maximum Gasteiger partial charge on any atom is 0.260 e. The number of benzene rings is 2. The van der Waals surface area contributed by atoms with Crippen molar-refractivity contribution in [2.24, 2.45) is 0 Å². The van der Waals surface area contributed by atoms with Crippen LogP contribution < -0.4 is 10.1 Å². The summed E-state index contributed by atoms with van der Waals surface area (Å²) in [6, 6.07) is 14.7. The molecule has 0 spiro atoms. The highest BCUT2D eigenvalue weighted by Gasteiger charge is 2.23. The normalized spacial score (nSPS) is 17.4. The molecule has 180 valence electrons. The molecular weight excluding hydrogens is 445 g/mol. The van der Waals surface area contributed by atoms with Crippen molar-refractivity contribution >= 4 is 18.3 Å². The van der Waals surface area contributed by atoms with Gasteiger partial charge in [0.25, 0.3) is 5.91 Å². The molecule has 0 aliphatic carbocycles. The molecule has 4 rings (SSSR count). The molecule has 1 unspecified atom stereocenters. The van der Waals surface area contributed by atoms with Crippen molar-refractivity contribution in [2.45, 2.75) is 25.4 Å². The van der Waals surface area contributed by atoms with Crippen molar-refractivity contribution in [3.63, 3.8) is 0 Å². The Labute approximate surface area is 201 Å². The van der Waals surface area contributed by atoms with Crippen molar-refractivity contribution in [3.8, 4) is 5.75 Å². The van der Waals surface area contributed by atoms with E-state index in [4.69, 9.17) is 9.47 Å². The minimum atomic E-state index is -0.225. The lowest BCUT2D eigenvalue weighted by atomic mass is 10.0. The molecule has 2 fully saturated rings. The van der Waals surface area contributed by atoms with Gasteiger partial charge in [-0.05, 0) is 36.6 Å². The zero-order chi connectivity index (χ0) is 22.2. The molecule has 0 radical (unpaired) electrons. The molecule has 8 heteroatoms. The summed E-state index contributed by atoms with van der Waals surface area (Å²) in [6.45, 7) is 6.18. The van der Waals surface area contributed by atoms with Crippen LogP contribution in [0.5, 0.6) is 5.75 Å². The molecule has 1 amide bonds. The Morgan fingerprint density at radius 2 is 1.73 bits per heavy atom. The standard InChI is InChI=1S/C25H32FN3O3.ClH/c26-22-9-7-20(8-10-22)23(28-13-15-31-16-14-28)18-27-17-21-5-1-2-6-24(21)32-19-25(30)29-11-3-4-12-29;/h1-2,5-10,23,27H,3-4,11-19H2;1H. The number of carbonyl (C=O) groups is 1. The zero-order valence-electron chi connectivity index (χ0n) is 18.9. The second kappa shape index (κ2) is 12.9. The fraction of sp³-hybridized carbons (Fsp3) is 0.480. The summed E-state index contributed by atoms with van der Waals surface area (Å²) in [6.07, 6.45) is 2.15. The van der Waals surface area contributed by atoms with Crippen molar-refractivity contribution < 1.29 is 18.7 Å². The van der Waals surface area contributed by atoms with Gasteiger partial charge in [0.1, 0.15) is 11.6 Å². The van der Waals surface area contributed by atoms with Gasteiger partial charge >= 0.3 is 0 Å². The number of ether oxygens (including phenoxy) is 2. The van der Waals surface area contributed by atoms with E-state index in [2.05, 4.69) is 10.2 Å². The Balaban J connectivity index is 0.00000306. The molecule has 1 N–H and O–H groups in total. The summed E-state index contributed by atoms with van der Waals surface area (Å²) in [7, 11) is 0. The van der Waals surface area contributed by atoms with Crippen molar-refractivity contribution in [1.29, 1.82) is 0 Å². The topological polar surface area (TPSA) is 54.0 Å². The van der Waals surface area contributed by atoms with E-state index >= 15 is 0 Å². The minimum absolute atomic E-state index is 0. The fourth-order valence-electron chi connectivity index (χ4n) is 4.36. The number of nitrogens with zero attached hydrogens (tertiary/aromatic N) is 2. The maximum atomic E-state index is 13.4. The van der Waals surface area contributed by atoms with Crippen molar-refractivity contribution in [1.82, 2.24) is 15.1 Å². The van der Waals surface area contributed by atoms with Gasteiger partial charge in [-0.1, -0.05) is 30.3 Å². The number of halogens is 2. The van der Waals surface area contributed by atoms with Crippen LogP contribution in [-0.2, 0) is 16.1 Å². The summed E-state index contributed by atoms with van der Waals surface area (Å²) >= 11 is 0. The van der Waals surface area contributed by atoms with E-state index < -0.39 is 0 Å². The number of rotatable bonds is 9. The number of morpholine rings is 1. The number of likely N-dealkylation sites (tertiary alicyclic amines) is 1. The van der Waals surface area contributed by atoms with E-state index in [1.807, 2.05) is 41.3 Å². The molecule has 0 aromatic heterocycles. The van der Waals surface area contributed by atoms with Gasteiger partial charge in [0.05, 0.1) is 13.2 Å². The lowest BCUT2D eigenvalue weighted by molar-refractivity contribution is -0.132. The van der Waals surface area contributed by atoms with E-state index in [0.29, 0.717) is 26.3 Å². The third-order valence-corrected chi connectivity index (χ3v) is 6.18. The van der Waals surface area contributed by atoms with Crippen LogP contribution in [0.2, 0.25) is 0 Å². The monoisotopic (exact) mass is 477 g/mol. The Morgan fingerprint density at radius 3 is 2.45 bits per heavy atom. The van der Waals surface area contributed by atoms with Crippen molar-refractivity contribution in [3.05, 3.63) is 65.5 Å². The van der Waals surface area contributed by atoms with Gasteiger partial charge < -0.3 is 19.7 Å². The van der Waals surface area contributed by atoms with Crippen LogP contribution in [-0.4, -0.2) is 68.3 Å². The highest BCUT2D eigenvalue weighted by atomic mass is 35.5. The smallest absolute Gasteiger partial charge is 0.260 e. The Morgan fingerprint density at radius 1 is 1.03 bits per heavy atom. The molecule has 2 saturated heterocycles. The molecule has 0 bridgehead atoms. The van der Waals surface area contributed by atoms with E-state index in [1.165, 1.54) is 12.1 Å². The third kappa shape index (κ3) is 7.14. The third-order valence-electron chi connectivity index (χ3n) is 6.18.